The number of hydrogen-bond acceptors (Lipinski definition) is 2. The Kier molecular flexibility index (Phi) is 3.98. The second-order valence-electron chi connectivity index (χ2n) is 5.32. The largest absolute Gasteiger partial charge is 0.369 e. The SMILES string of the molecule is N#Cc1cc(COC2CCCc3ccccc32)ccc1F. The molecule has 0 heterocycles. The van der Waals surface area contributed by atoms with E-state index in [0.29, 0.717) is 6.61 Å². The van der Waals surface area contributed by atoms with Gasteiger partial charge in [-0.25, -0.2) is 4.39 Å². The molecule has 0 bridgehead atoms. The molecule has 1 unspecified atom stereocenters. The summed E-state index contributed by atoms with van der Waals surface area (Å²) in [4.78, 5) is 0. The van der Waals surface area contributed by atoms with Crippen LogP contribution in [-0.4, -0.2) is 0 Å². The van der Waals surface area contributed by atoms with Crippen molar-refractivity contribution in [3.8, 4) is 6.07 Å². The van der Waals surface area contributed by atoms with E-state index in [4.69, 9.17) is 10.00 Å². The third kappa shape index (κ3) is 2.96. The Hall–Kier alpha value is -2.18. The zero-order chi connectivity index (χ0) is 14.7. The minimum atomic E-state index is -0.482. The number of nitriles is 1. The standard InChI is InChI=1S/C18H16FNO/c19-17-9-8-13(10-15(17)11-20)12-21-18-7-3-5-14-4-1-2-6-16(14)18/h1-2,4,6,8-10,18H,3,5,7,12H2. The van der Waals surface area contributed by atoms with Crippen molar-refractivity contribution in [3.63, 3.8) is 0 Å². The molecule has 2 aromatic carbocycles. The van der Waals surface area contributed by atoms with E-state index in [2.05, 4.69) is 18.2 Å². The number of ether oxygens (including phenoxy) is 1. The Balaban J connectivity index is 1.73. The van der Waals surface area contributed by atoms with Crippen molar-refractivity contribution in [1.82, 2.24) is 0 Å². The summed E-state index contributed by atoms with van der Waals surface area (Å²) in [6.07, 6.45) is 3.31. The highest BCUT2D eigenvalue weighted by Crippen LogP contribution is 2.32. The third-order valence-electron chi connectivity index (χ3n) is 3.92. The maximum atomic E-state index is 13.3. The molecular weight excluding hydrogens is 265 g/mol. The first kappa shape index (κ1) is 13.8. The van der Waals surface area contributed by atoms with Gasteiger partial charge < -0.3 is 4.74 Å². The van der Waals surface area contributed by atoms with Gasteiger partial charge in [-0.3, -0.25) is 0 Å². The molecule has 0 saturated carbocycles. The fourth-order valence-electron chi connectivity index (χ4n) is 2.83. The first-order chi connectivity index (χ1) is 10.3. The lowest BCUT2D eigenvalue weighted by atomic mass is 9.89. The fourth-order valence-corrected chi connectivity index (χ4v) is 2.83. The lowest BCUT2D eigenvalue weighted by Crippen LogP contribution is -2.12. The smallest absolute Gasteiger partial charge is 0.140 e. The van der Waals surface area contributed by atoms with Gasteiger partial charge in [0, 0.05) is 0 Å². The number of rotatable bonds is 3. The number of hydrogen-bond donors (Lipinski definition) is 0. The van der Waals surface area contributed by atoms with Crippen LogP contribution < -0.4 is 0 Å². The summed E-state index contributed by atoms with van der Waals surface area (Å²) in [5.41, 5.74) is 3.51. The average molecular weight is 281 g/mol. The number of halogens is 1. The van der Waals surface area contributed by atoms with E-state index in [1.807, 2.05) is 12.1 Å². The van der Waals surface area contributed by atoms with Crippen LogP contribution in [0.1, 0.15) is 41.2 Å². The van der Waals surface area contributed by atoms with Gasteiger partial charge in [-0.1, -0.05) is 30.3 Å². The predicted octanol–water partition coefficient (Wildman–Crippen LogP) is 4.29. The molecule has 0 N–H and O–H groups in total. The number of aryl methyl sites for hydroxylation is 1. The number of nitrogens with zero attached hydrogens (tertiary/aromatic N) is 1. The normalized spacial score (nSPS) is 17.0. The summed E-state index contributed by atoms with van der Waals surface area (Å²) in [6, 6.07) is 14.8. The highest BCUT2D eigenvalue weighted by Gasteiger charge is 2.20. The molecule has 21 heavy (non-hydrogen) atoms. The maximum absolute atomic E-state index is 13.3. The summed E-state index contributed by atoms with van der Waals surface area (Å²) < 4.78 is 19.3. The Bertz CT molecular complexity index is 690. The van der Waals surface area contributed by atoms with E-state index < -0.39 is 5.82 Å². The topological polar surface area (TPSA) is 33.0 Å². The number of fused-ring (bicyclic) bond motifs is 1. The molecule has 2 aromatic rings. The van der Waals surface area contributed by atoms with Crippen molar-refractivity contribution in [1.29, 1.82) is 5.26 Å². The molecule has 1 atom stereocenters. The molecule has 3 rings (SSSR count). The second-order valence-corrected chi connectivity index (χ2v) is 5.32. The quantitative estimate of drug-likeness (QED) is 0.840. The summed E-state index contributed by atoms with van der Waals surface area (Å²) >= 11 is 0. The highest BCUT2D eigenvalue weighted by atomic mass is 19.1. The van der Waals surface area contributed by atoms with Gasteiger partial charge in [-0.2, -0.15) is 5.26 Å². The fraction of sp³-hybridized carbons (Fsp3) is 0.278. The Morgan fingerprint density at radius 2 is 2.10 bits per heavy atom. The van der Waals surface area contributed by atoms with E-state index in [0.717, 1.165) is 24.8 Å². The van der Waals surface area contributed by atoms with Gasteiger partial charge in [0.25, 0.3) is 0 Å². The molecule has 0 fully saturated rings. The van der Waals surface area contributed by atoms with Gasteiger partial charge in [0.05, 0.1) is 18.3 Å². The van der Waals surface area contributed by atoms with Crippen molar-refractivity contribution in [2.24, 2.45) is 0 Å². The minimum Gasteiger partial charge on any atom is -0.369 e. The molecule has 0 aliphatic heterocycles. The lowest BCUT2D eigenvalue weighted by molar-refractivity contribution is 0.0282. The highest BCUT2D eigenvalue weighted by molar-refractivity contribution is 5.34. The molecule has 0 spiro atoms. The Morgan fingerprint density at radius 3 is 2.95 bits per heavy atom. The van der Waals surface area contributed by atoms with Gasteiger partial charge in [0.15, 0.2) is 0 Å². The van der Waals surface area contributed by atoms with Crippen molar-refractivity contribution in [3.05, 3.63) is 70.5 Å². The van der Waals surface area contributed by atoms with Crippen LogP contribution in [0.3, 0.4) is 0 Å². The maximum Gasteiger partial charge on any atom is 0.140 e. The zero-order valence-electron chi connectivity index (χ0n) is 11.7. The summed E-state index contributed by atoms with van der Waals surface area (Å²) in [5.74, 6) is -0.482. The molecule has 0 amide bonds. The Morgan fingerprint density at radius 1 is 1.24 bits per heavy atom. The monoisotopic (exact) mass is 281 g/mol. The summed E-state index contributed by atoms with van der Waals surface area (Å²) in [5, 5.41) is 8.86. The van der Waals surface area contributed by atoms with Crippen LogP contribution in [0.25, 0.3) is 0 Å². The molecule has 0 aromatic heterocycles. The summed E-state index contributed by atoms with van der Waals surface area (Å²) in [7, 11) is 0. The molecule has 106 valence electrons. The van der Waals surface area contributed by atoms with Crippen molar-refractivity contribution in [2.75, 3.05) is 0 Å². The first-order valence-corrected chi connectivity index (χ1v) is 7.16. The number of benzene rings is 2. The van der Waals surface area contributed by atoms with Gasteiger partial charge in [0.2, 0.25) is 0 Å². The third-order valence-corrected chi connectivity index (χ3v) is 3.92. The van der Waals surface area contributed by atoms with Crippen LogP contribution in [0.15, 0.2) is 42.5 Å². The van der Waals surface area contributed by atoms with E-state index in [9.17, 15) is 4.39 Å². The van der Waals surface area contributed by atoms with Crippen molar-refractivity contribution < 1.29 is 9.13 Å². The van der Waals surface area contributed by atoms with Crippen molar-refractivity contribution >= 4 is 0 Å². The van der Waals surface area contributed by atoms with Crippen LogP contribution in [0.5, 0.6) is 0 Å². The van der Waals surface area contributed by atoms with Gasteiger partial charge in [0.1, 0.15) is 11.9 Å². The van der Waals surface area contributed by atoms with Crippen LogP contribution in [0, 0.1) is 17.1 Å². The van der Waals surface area contributed by atoms with E-state index in [1.165, 1.54) is 17.2 Å². The molecule has 0 radical (unpaired) electrons. The van der Waals surface area contributed by atoms with E-state index >= 15 is 0 Å². The zero-order valence-corrected chi connectivity index (χ0v) is 11.7. The molecule has 1 aliphatic rings. The molecule has 3 heteroatoms. The van der Waals surface area contributed by atoms with Crippen molar-refractivity contribution in [2.45, 2.75) is 32.0 Å². The molecule has 2 nitrogen and oxygen atoms in total. The Labute approximate surface area is 123 Å². The lowest BCUT2D eigenvalue weighted by Gasteiger charge is -2.25. The second kappa shape index (κ2) is 6.07. The van der Waals surface area contributed by atoms with E-state index in [1.54, 1.807) is 12.1 Å². The molecular formula is C18H16FNO. The average Bonchev–Trinajstić information content (AvgIpc) is 2.54. The predicted molar refractivity (Wildman–Crippen MR) is 78.0 cm³/mol. The summed E-state index contributed by atoms with van der Waals surface area (Å²) in [6.45, 7) is 0.397. The van der Waals surface area contributed by atoms with Crippen LogP contribution >= 0.6 is 0 Å². The van der Waals surface area contributed by atoms with E-state index in [-0.39, 0.29) is 11.7 Å². The molecule has 0 saturated heterocycles. The van der Waals surface area contributed by atoms with Crippen LogP contribution in [0.4, 0.5) is 4.39 Å². The first-order valence-electron chi connectivity index (χ1n) is 7.16. The molecule has 1 aliphatic carbocycles. The van der Waals surface area contributed by atoms with Gasteiger partial charge >= 0.3 is 0 Å². The minimum absolute atomic E-state index is 0.0696. The van der Waals surface area contributed by atoms with Crippen LogP contribution in [-0.2, 0) is 17.8 Å². The van der Waals surface area contributed by atoms with Gasteiger partial charge in [-0.15, -0.1) is 0 Å². The van der Waals surface area contributed by atoms with Crippen LogP contribution in [0.2, 0.25) is 0 Å². The van der Waals surface area contributed by atoms with Gasteiger partial charge in [-0.05, 0) is 48.1 Å².